The standard InChI is InChI=1S/C24H25Cl2N3O2S/c1-15(30)16-8-11-22(31-2)17(12-16)14-32-24-28-27-23(20-10-9-18(25)13-21(20)26)29(24)19-6-4-3-5-7-19/h8-13,19H,3-7,14H2,1-2H3. The summed E-state index contributed by atoms with van der Waals surface area (Å²) in [4.78, 5) is 11.9. The number of hydrogen-bond donors (Lipinski definition) is 0. The van der Waals surface area contributed by atoms with Gasteiger partial charge in [-0.3, -0.25) is 9.36 Å². The zero-order valence-electron chi connectivity index (χ0n) is 18.1. The summed E-state index contributed by atoms with van der Waals surface area (Å²) >= 11 is 14.2. The van der Waals surface area contributed by atoms with Crippen molar-refractivity contribution in [3.63, 3.8) is 0 Å². The first kappa shape index (κ1) is 23.1. The fraction of sp³-hybridized carbons (Fsp3) is 0.375. The topological polar surface area (TPSA) is 57.0 Å². The fourth-order valence-electron chi connectivity index (χ4n) is 4.15. The third kappa shape index (κ3) is 4.98. The molecule has 0 saturated heterocycles. The van der Waals surface area contributed by atoms with Crippen LogP contribution in [0, 0.1) is 0 Å². The van der Waals surface area contributed by atoms with Gasteiger partial charge in [-0.05, 0) is 56.2 Å². The van der Waals surface area contributed by atoms with Gasteiger partial charge in [0.25, 0.3) is 0 Å². The first-order chi connectivity index (χ1) is 15.5. The number of ether oxygens (including phenoxy) is 1. The maximum absolute atomic E-state index is 11.9. The smallest absolute Gasteiger partial charge is 0.192 e. The molecule has 0 atom stereocenters. The highest BCUT2D eigenvalue weighted by Crippen LogP contribution is 2.39. The highest BCUT2D eigenvalue weighted by atomic mass is 35.5. The minimum Gasteiger partial charge on any atom is -0.496 e. The van der Waals surface area contributed by atoms with Crippen LogP contribution >= 0.6 is 35.0 Å². The first-order valence-electron chi connectivity index (χ1n) is 10.7. The fourth-order valence-corrected chi connectivity index (χ4v) is 5.63. The van der Waals surface area contributed by atoms with Crippen LogP contribution in [0.2, 0.25) is 10.0 Å². The number of aromatic nitrogens is 3. The van der Waals surface area contributed by atoms with Gasteiger partial charge in [-0.1, -0.05) is 54.2 Å². The minimum absolute atomic E-state index is 0.0314. The van der Waals surface area contributed by atoms with E-state index in [2.05, 4.69) is 14.8 Å². The molecule has 1 aromatic heterocycles. The molecule has 1 aliphatic carbocycles. The zero-order valence-corrected chi connectivity index (χ0v) is 20.4. The molecule has 1 aliphatic rings. The molecule has 3 aromatic rings. The number of rotatable bonds is 7. The molecule has 0 spiro atoms. The first-order valence-corrected chi connectivity index (χ1v) is 12.4. The SMILES string of the molecule is COc1ccc(C(C)=O)cc1CSc1nnc(-c2ccc(Cl)cc2Cl)n1C1CCCCC1. The predicted molar refractivity (Wildman–Crippen MR) is 130 cm³/mol. The van der Waals surface area contributed by atoms with Crippen molar-refractivity contribution in [2.75, 3.05) is 7.11 Å². The Balaban J connectivity index is 1.69. The maximum Gasteiger partial charge on any atom is 0.192 e. The van der Waals surface area contributed by atoms with Crippen molar-refractivity contribution >= 4 is 40.7 Å². The van der Waals surface area contributed by atoms with E-state index in [1.54, 1.807) is 37.9 Å². The lowest BCUT2D eigenvalue weighted by Crippen LogP contribution is -2.15. The Morgan fingerprint density at radius 2 is 1.91 bits per heavy atom. The van der Waals surface area contributed by atoms with Gasteiger partial charge in [0.1, 0.15) is 5.75 Å². The third-order valence-electron chi connectivity index (χ3n) is 5.82. The summed E-state index contributed by atoms with van der Waals surface area (Å²) in [5.41, 5.74) is 2.45. The Kier molecular flexibility index (Phi) is 7.44. The second kappa shape index (κ2) is 10.3. The van der Waals surface area contributed by atoms with Gasteiger partial charge in [0.2, 0.25) is 0 Å². The summed E-state index contributed by atoms with van der Waals surface area (Å²) in [6.45, 7) is 1.57. The number of benzene rings is 2. The highest BCUT2D eigenvalue weighted by Gasteiger charge is 2.25. The molecule has 0 amide bonds. The molecular weight excluding hydrogens is 465 g/mol. The quantitative estimate of drug-likeness (QED) is 0.258. The molecule has 1 fully saturated rings. The number of carbonyl (C=O) groups excluding carboxylic acids is 1. The van der Waals surface area contributed by atoms with E-state index < -0.39 is 0 Å². The van der Waals surface area contributed by atoms with E-state index in [-0.39, 0.29) is 5.78 Å². The molecule has 0 bridgehead atoms. The Bertz CT molecular complexity index is 1130. The normalized spacial score (nSPS) is 14.5. The number of carbonyl (C=O) groups is 1. The number of methoxy groups -OCH3 is 1. The van der Waals surface area contributed by atoms with Crippen molar-refractivity contribution in [3.05, 3.63) is 57.6 Å². The number of nitrogens with zero attached hydrogens (tertiary/aromatic N) is 3. The molecule has 4 rings (SSSR count). The number of hydrogen-bond acceptors (Lipinski definition) is 5. The number of thioether (sulfide) groups is 1. The van der Waals surface area contributed by atoms with Crippen LogP contribution in [-0.4, -0.2) is 27.7 Å². The molecule has 32 heavy (non-hydrogen) atoms. The summed E-state index contributed by atoms with van der Waals surface area (Å²) in [6, 6.07) is 11.3. The van der Waals surface area contributed by atoms with Gasteiger partial charge in [0.05, 0.1) is 12.1 Å². The van der Waals surface area contributed by atoms with E-state index in [4.69, 9.17) is 27.9 Å². The second-order valence-corrected chi connectivity index (χ2v) is 9.75. The van der Waals surface area contributed by atoms with Gasteiger partial charge in [-0.2, -0.15) is 0 Å². The average molecular weight is 490 g/mol. The molecule has 0 radical (unpaired) electrons. The molecule has 2 aromatic carbocycles. The maximum atomic E-state index is 11.9. The van der Waals surface area contributed by atoms with Crippen LogP contribution in [0.5, 0.6) is 5.75 Å². The van der Waals surface area contributed by atoms with Gasteiger partial charge in [0.15, 0.2) is 16.8 Å². The molecule has 1 heterocycles. The monoisotopic (exact) mass is 489 g/mol. The average Bonchev–Trinajstić information content (AvgIpc) is 3.21. The van der Waals surface area contributed by atoms with Crippen LogP contribution in [0.25, 0.3) is 11.4 Å². The van der Waals surface area contributed by atoms with Crippen LogP contribution in [0.4, 0.5) is 0 Å². The van der Waals surface area contributed by atoms with Crippen molar-refractivity contribution in [1.82, 2.24) is 14.8 Å². The Hall–Kier alpha value is -2.02. The van der Waals surface area contributed by atoms with Gasteiger partial charge in [-0.25, -0.2) is 0 Å². The molecule has 0 N–H and O–H groups in total. The van der Waals surface area contributed by atoms with Crippen molar-refractivity contribution in [3.8, 4) is 17.1 Å². The predicted octanol–water partition coefficient (Wildman–Crippen LogP) is 7.26. The molecule has 0 unspecified atom stereocenters. The Labute approximate surface area is 202 Å². The number of ketones is 1. The number of halogens is 2. The minimum atomic E-state index is 0.0314. The lowest BCUT2D eigenvalue weighted by atomic mass is 9.95. The lowest BCUT2D eigenvalue weighted by molar-refractivity contribution is 0.101. The van der Waals surface area contributed by atoms with Crippen LogP contribution < -0.4 is 4.74 Å². The van der Waals surface area contributed by atoms with Gasteiger partial charge >= 0.3 is 0 Å². The Morgan fingerprint density at radius 3 is 2.59 bits per heavy atom. The van der Waals surface area contributed by atoms with Crippen molar-refractivity contribution in [2.45, 2.75) is 56.0 Å². The van der Waals surface area contributed by atoms with Crippen LogP contribution in [0.15, 0.2) is 41.6 Å². The second-order valence-electron chi connectivity index (χ2n) is 7.96. The van der Waals surface area contributed by atoms with E-state index in [1.807, 2.05) is 24.3 Å². The number of Topliss-reactive ketones (excluding diaryl/α,β-unsaturated/α-hetero) is 1. The highest BCUT2D eigenvalue weighted by molar-refractivity contribution is 7.98. The van der Waals surface area contributed by atoms with E-state index in [0.717, 1.165) is 40.7 Å². The summed E-state index contributed by atoms with van der Waals surface area (Å²) in [5.74, 6) is 2.17. The van der Waals surface area contributed by atoms with Gasteiger partial charge in [-0.15, -0.1) is 10.2 Å². The third-order valence-corrected chi connectivity index (χ3v) is 7.36. The molecule has 1 saturated carbocycles. The lowest BCUT2D eigenvalue weighted by Gasteiger charge is -2.26. The van der Waals surface area contributed by atoms with Crippen molar-refractivity contribution < 1.29 is 9.53 Å². The molecule has 8 heteroatoms. The van der Waals surface area contributed by atoms with E-state index in [9.17, 15) is 4.79 Å². The van der Waals surface area contributed by atoms with E-state index in [0.29, 0.717) is 27.4 Å². The van der Waals surface area contributed by atoms with Crippen molar-refractivity contribution in [1.29, 1.82) is 0 Å². The zero-order chi connectivity index (χ0) is 22.7. The molecular formula is C24H25Cl2N3O2S. The van der Waals surface area contributed by atoms with E-state index in [1.165, 1.54) is 19.3 Å². The summed E-state index contributed by atoms with van der Waals surface area (Å²) in [5, 5.41) is 11.1. The van der Waals surface area contributed by atoms with Crippen LogP contribution in [0.1, 0.15) is 61.0 Å². The molecule has 168 valence electrons. The van der Waals surface area contributed by atoms with Crippen molar-refractivity contribution in [2.24, 2.45) is 0 Å². The summed E-state index contributed by atoms with van der Waals surface area (Å²) in [7, 11) is 1.64. The summed E-state index contributed by atoms with van der Waals surface area (Å²) in [6.07, 6.45) is 5.82. The van der Waals surface area contributed by atoms with Gasteiger partial charge in [0, 0.05) is 33.5 Å². The molecule has 0 aliphatic heterocycles. The molecule has 5 nitrogen and oxygen atoms in total. The largest absolute Gasteiger partial charge is 0.496 e. The van der Waals surface area contributed by atoms with Crippen LogP contribution in [-0.2, 0) is 5.75 Å². The summed E-state index contributed by atoms with van der Waals surface area (Å²) < 4.78 is 7.76. The van der Waals surface area contributed by atoms with E-state index >= 15 is 0 Å². The van der Waals surface area contributed by atoms with Crippen LogP contribution in [0.3, 0.4) is 0 Å². The Morgan fingerprint density at radius 1 is 1.12 bits per heavy atom. The van der Waals surface area contributed by atoms with Gasteiger partial charge < -0.3 is 4.74 Å².